The van der Waals surface area contributed by atoms with Gasteiger partial charge in [-0.2, -0.15) is 0 Å². The van der Waals surface area contributed by atoms with Gasteiger partial charge in [-0.25, -0.2) is 8.42 Å². The molecule has 0 bridgehead atoms. The fraction of sp³-hybridized carbons (Fsp3) is 0.0769. The van der Waals surface area contributed by atoms with E-state index in [9.17, 15) is 18.5 Å². The Morgan fingerprint density at radius 1 is 1.14 bits per heavy atom. The lowest BCUT2D eigenvalue weighted by atomic mass is 10.2. The lowest BCUT2D eigenvalue weighted by molar-refractivity contribution is -0.384. The van der Waals surface area contributed by atoms with Crippen LogP contribution < -0.4 is 9.46 Å². The van der Waals surface area contributed by atoms with Crippen LogP contribution in [0.15, 0.2) is 48.5 Å². The average molecular weight is 336 g/mol. The number of benzene rings is 2. The van der Waals surface area contributed by atoms with Crippen molar-refractivity contribution in [2.24, 2.45) is 0 Å². The molecule has 0 aliphatic heterocycles. The van der Waals surface area contributed by atoms with Crippen molar-refractivity contribution in [1.29, 1.82) is 0 Å². The molecule has 0 saturated heterocycles. The first-order valence-electron chi connectivity index (χ1n) is 5.84. The van der Waals surface area contributed by atoms with E-state index in [0.29, 0.717) is 5.75 Å². The maximum atomic E-state index is 11.3. The minimum Gasteiger partial charge on any atom is -0.455 e. The topological polar surface area (TPSA) is 98.5 Å². The highest BCUT2D eigenvalue weighted by Gasteiger charge is 2.15. The molecule has 2 aromatic rings. The van der Waals surface area contributed by atoms with Crippen molar-refractivity contribution in [3.63, 3.8) is 0 Å². The quantitative estimate of drug-likeness (QED) is 0.513. The van der Waals surface area contributed by atoms with Crippen molar-refractivity contribution in [2.45, 2.75) is 0 Å². The van der Waals surface area contributed by atoms with E-state index in [4.69, 9.17) is 4.74 Å². The number of nitrogens with one attached hydrogen (secondary N) is 1. The van der Waals surface area contributed by atoms with E-state index >= 15 is 0 Å². The van der Waals surface area contributed by atoms with Crippen molar-refractivity contribution >= 4 is 32.4 Å². The normalized spacial score (nSPS) is 10.4. The minimum absolute atomic E-state index is 0. The summed E-state index contributed by atoms with van der Waals surface area (Å²) >= 11 is 0. The van der Waals surface area contributed by atoms with Gasteiger partial charge >= 0.3 is 0 Å². The van der Waals surface area contributed by atoms with Crippen LogP contribution >= 0.6 is 0 Å². The van der Waals surface area contributed by atoms with Crippen molar-refractivity contribution in [3.8, 4) is 11.5 Å². The van der Waals surface area contributed by atoms with Crippen molar-refractivity contribution < 1.29 is 18.1 Å². The summed E-state index contributed by atoms with van der Waals surface area (Å²) in [4.78, 5) is 10.2. The summed E-state index contributed by atoms with van der Waals surface area (Å²) in [5.41, 5.74) is -0.0630. The first-order chi connectivity index (χ1) is 9.85. The molecule has 0 amide bonds. The fourth-order valence-corrected chi connectivity index (χ4v) is 2.18. The van der Waals surface area contributed by atoms with Crippen molar-refractivity contribution in [3.05, 3.63) is 58.6 Å². The Kier molecular flexibility index (Phi) is 5.66. The monoisotopic (exact) mass is 336 g/mol. The van der Waals surface area contributed by atoms with Crippen molar-refractivity contribution in [2.75, 3.05) is 11.0 Å². The predicted octanol–water partition coefficient (Wildman–Crippen LogP) is 2.38. The number of hydrogen-bond donors (Lipinski definition) is 1. The second kappa shape index (κ2) is 7.05. The standard InChI is InChI=1S/C13H12N2O5S.Si/c1-21(18,19)14-12-8-7-10(15(16)17)9-13(12)20-11-5-3-2-4-6-11;/h2-9,14H,1H3;. The number of nitrogens with zero attached hydrogens (tertiary/aromatic N) is 1. The third-order valence-electron chi connectivity index (χ3n) is 2.44. The van der Waals surface area contributed by atoms with Crippen LogP contribution in [-0.2, 0) is 10.0 Å². The van der Waals surface area contributed by atoms with Gasteiger partial charge in [0.25, 0.3) is 5.69 Å². The third kappa shape index (κ3) is 4.86. The van der Waals surface area contributed by atoms with Gasteiger partial charge in [-0.1, -0.05) is 18.2 Å². The smallest absolute Gasteiger partial charge is 0.273 e. The average Bonchev–Trinajstić information content (AvgIpc) is 2.40. The molecule has 0 fully saturated rings. The molecule has 0 unspecified atom stereocenters. The van der Waals surface area contributed by atoms with E-state index in [-0.39, 0.29) is 28.1 Å². The van der Waals surface area contributed by atoms with Gasteiger partial charge in [-0.15, -0.1) is 0 Å². The molecule has 0 saturated carbocycles. The first kappa shape index (κ1) is 17.7. The highest BCUT2D eigenvalue weighted by Crippen LogP contribution is 2.33. The number of nitro benzene ring substituents is 1. The van der Waals surface area contributed by atoms with Gasteiger partial charge in [0.1, 0.15) is 5.75 Å². The Morgan fingerprint density at radius 3 is 2.32 bits per heavy atom. The molecule has 7 nitrogen and oxygen atoms in total. The molecule has 0 aliphatic rings. The number of anilines is 1. The summed E-state index contributed by atoms with van der Waals surface area (Å²) in [6.45, 7) is 0. The zero-order chi connectivity index (χ0) is 15.5. The van der Waals surface area contributed by atoms with Crippen molar-refractivity contribution in [1.82, 2.24) is 0 Å². The first-order valence-corrected chi connectivity index (χ1v) is 7.73. The molecule has 0 aromatic heterocycles. The highest BCUT2D eigenvalue weighted by molar-refractivity contribution is 7.92. The van der Waals surface area contributed by atoms with Crippen LogP contribution in [0.2, 0.25) is 0 Å². The lowest BCUT2D eigenvalue weighted by Gasteiger charge is -2.11. The molecule has 9 heteroatoms. The molecule has 4 radical (unpaired) electrons. The number of ether oxygens (including phenoxy) is 1. The van der Waals surface area contributed by atoms with Crippen LogP contribution in [-0.4, -0.2) is 30.6 Å². The second-order valence-electron chi connectivity index (χ2n) is 4.23. The Morgan fingerprint density at radius 2 is 1.77 bits per heavy atom. The number of non-ortho nitro benzene ring substituents is 1. The molecule has 2 rings (SSSR count). The highest BCUT2D eigenvalue weighted by atomic mass is 32.2. The van der Waals surface area contributed by atoms with Crippen LogP contribution in [0.5, 0.6) is 11.5 Å². The van der Waals surface area contributed by atoms with E-state index in [1.54, 1.807) is 30.3 Å². The van der Waals surface area contributed by atoms with Gasteiger partial charge in [0.05, 0.1) is 22.9 Å². The fourth-order valence-electron chi connectivity index (χ4n) is 1.61. The molecular formula is C13H12N2O5SSi. The summed E-state index contributed by atoms with van der Waals surface area (Å²) in [5, 5.41) is 10.8. The molecular weight excluding hydrogens is 324 g/mol. The minimum atomic E-state index is -3.52. The van der Waals surface area contributed by atoms with E-state index in [2.05, 4.69) is 4.72 Å². The summed E-state index contributed by atoms with van der Waals surface area (Å²) in [5.74, 6) is 0.496. The van der Waals surface area contributed by atoms with E-state index in [0.717, 1.165) is 6.26 Å². The number of para-hydroxylation sites is 1. The SMILES string of the molecule is CS(=O)(=O)Nc1ccc([N+](=O)[O-])cc1Oc1ccccc1.[Si]. The third-order valence-corrected chi connectivity index (χ3v) is 3.03. The predicted molar refractivity (Wildman–Crippen MR) is 83.8 cm³/mol. The van der Waals surface area contributed by atoms with Crippen LogP contribution in [0.1, 0.15) is 0 Å². The van der Waals surface area contributed by atoms with E-state index < -0.39 is 14.9 Å². The molecule has 2 aromatic carbocycles. The molecule has 0 spiro atoms. The van der Waals surface area contributed by atoms with Crippen LogP contribution in [0.25, 0.3) is 0 Å². The summed E-state index contributed by atoms with van der Waals surface area (Å²) in [6.07, 6.45) is 0.987. The second-order valence-corrected chi connectivity index (χ2v) is 5.98. The van der Waals surface area contributed by atoms with Gasteiger partial charge in [0.2, 0.25) is 10.0 Å². The molecule has 1 N–H and O–H groups in total. The molecule has 0 atom stereocenters. The summed E-state index contributed by atoms with van der Waals surface area (Å²) in [7, 11) is -3.52. The van der Waals surface area contributed by atoms with Gasteiger partial charge in [0.15, 0.2) is 5.75 Å². The van der Waals surface area contributed by atoms with E-state index in [1.165, 1.54) is 18.2 Å². The Hall–Kier alpha value is -2.39. The maximum Gasteiger partial charge on any atom is 0.273 e. The summed E-state index contributed by atoms with van der Waals surface area (Å²) < 4.78 is 30.4. The zero-order valence-electron chi connectivity index (χ0n) is 11.5. The molecule has 22 heavy (non-hydrogen) atoms. The number of hydrogen-bond acceptors (Lipinski definition) is 5. The Bertz CT molecular complexity index is 765. The number of sulfonamides is 1. The molecule has 0 aliphatic carbocycles. The Labute approximate surface area is 132 Å². The largest absolute Gasteiger partial charge is 0.455 e. The van der Waals surface area contributed by atoms with Gasteiger partial charge in [-0.3, -0.25) is 14.8 Å². The summed E-state index contributed by atoms with van der Waals surface area (Å²) in [6, 6.07) is 12.2. The maximum absolute atomic E-state index is 11.3. The zero-order valence-corrected chi connectivity index (χ0v) is 13.3. The van der Waals surface area contributed by atoms with Gasteiger partial charge in [0, 0.05) is 17.0 Å². The van der Waals surface area contributed by atoms with Crippen LogP contribution in [0, 0.1) is 10.1 Å². The van der Waals surface area contributed by atoms with E-state index in [1.807, 2.05) is 0 Å². The number of rotatable bonds is 5. The van der Waals surface area contributed by atoms with Crippen LogP contribution in [0.4, 0.5) is 11.4 Å². The van der Waals surface area contributed by atoms with Gasteiger partial charge in [-0.05, 0) is 18.2 Å². The number of nitro groups is 1. The molecule has 0 heterocycles. The van der Waals surface area contributed by atoms with Gasteiger partial charge < -0.3 is 4.74 Å². The van der Waals surface area contributed by atoms with Crippen LogP contribution in [0.3, 0.4) is 0 Å². The Balaban J connectivity index is 0.00000242. The lowest BCUT2D eigenvalue weighted by Crippen LogP contribution is -2.10. The molecule has 114 valence electrons.